The minimum atomic E-state index is -0.376. The SMILES string of the molecule is CNCc1cc(C(=O)OC)c(Br)cc1N. The van der Waals surface area contributed by atoms with Gasteiger partial charge in [0.25, 0.3) is 0 Å². The quantitative estimate of drug-likeness (QED) is 0.647. The lowest BCUT2D eigenvalue weighted by Gasteiger charge is -2.09. The minimum Gasteiger partial charge on any atom is -0.465 e. The fraction of sp³-hybridized carbons (Fsp3) is 0.300. The van der Waals surface area contributed by atoms with Crippen LogP contribution in [0.15, 0.2) is 16.6 Å². The van der Waals surface area contributed by atoms with Crippen molar-refractivity contribution < 1.29 is 9.53 Å². The van der Waals surface area contributed by atoms with Gasteiger partial charge in [-0.05, 0) is 40.7 Å². The maximum Gasteiger partial charge on any atom is 0.339 e. The predicted octanol–water partition coefficient (Wildman–Crippen LogP) is 1.54. The van der Waals surface area contributed by atoms with E-state index in [4.69, 9.17) is 5.73 Å². The predicted molar refractivity (Wildman–Crippen MR) is 62.7 cm³/mol. The molecule has 0 aliphatic rings. The van der Waals surface area contributed by atoms with Crippen LogP contribution in [0.25, 0.3) is 0 Å². The van der Waals surface area contributed by atoms with Crippen LogP contribution in [0.5, 0.6) is 0 Å². The third kappa shape index (κ3) is 2.70. The summed E-state index contributed by atoms with van der Waals surface area (Å²) >= 11 is 3.27. The van der Waals surface area contributed by atoms with Gasteiger partial charge in [0.1, 0.15) is 0 Å². The normalized spacial score (nSPS) is 10.1. The zero-order valence-electron chi connectivity index (χ0n) is 8.63. The van der Waals surface area contributed by atoms with Gasteiger partial charge in [0.15, 0.2) is 0 Å². The van der Waals surface area contributed by atoms with E-state index in [0.29, 0.717) is 22.3 Å². The van der Waals surface area contributed by atoms with E-state index in [-0.39, 0.29) is 5.97 Å². The van der Waals surface area contributed by atoms with Crippen LogP contribution in [-0.2, 0) is 11.3 Å². The molecule has 15 heavy (non-hydrogen) atoms. The van der Waals surface area contributed by atoms with Crippen molar-refractivity contribution in [1.29, 1.82) is 0 Å². The molecule has 0 saturated carbocycles. The molecule has 0 heterocycles. The maximum atomic E-state index is 11.4. The lowest BCUT2D eigenvalue weighted by molar-refractivity contribution is 0.0599. The number of nitrogens with two attached hydrogens (primary N) is 1. The van der Waals surface area contributed by atoms with Gasteiger partial charge in [-0.3, -0.25) is 0 Å². The fourth-order valence-corrected chi connectivity index (χ4v) is 1.77. The molecule has 0 unspecified atom stereocenters. The number of halogens is 1. The average Bonchev–Trinajstić information content (AvgIpc) is 2.21. The van der Waals surface area contributed by atoms with E-state index in [2.05, 4.69) is 26.0 Å². The summed E-state index contributed by atoms with van der Waals surface area (Å²) in [5, 5.41) is 2.98. The number of carbonyl (C=O) groups excluding carboxylic acids is 1. The standard InChI is InChI=1S/C10H13BrN2O2/c1-13-5-6-3-7(10(14)15-2)8(11)4-9(6)12/h3-4,13H,5,12H2,1-2H3. The van der Waals surface area contributed by atoms with Gasteiger partial charge in [-0.2, -0.15) is 0 Å². The highest BCUT2D eigenvalue weighted by Crippen LogP contribution is 2.24. The maximum absolute atomic E-state index is 11.4. The van der Waals surface area contributed by atoms with E-state index in [9.17, 15) is 4.79 Å². The Morgan fingerprint density at radius 3 is 2.80 bits per heavy atom. The summed E-state index contributed by atoms with van der Waals surface area (Å²) in [5.74, 6) is -0.376. The molecule has 0 spiro atoms. The van der Waals surface area contributed by atoms with Crippen molar-refractivity contribution in [2.75, 3.05) is 19.9 Å². The highest BCUT2D eigenvalue weighted by molar-refractivity contribution is 9.10. The van der Waals surface area contributed by atoms with Crippen LogP contribution in [0, 0.1) is 0 Å². The Morgan fingerprint density at radius 2 is 2.27 bits per heavy atom. The van der Waals surface area contributed by atoms with Crippen molar-refractivity contribution in [2.24, 2.45) is 0 Å². The number of benzene rings is 1. The molecule has 5 heteroatoms. The van der Waals surface area contributed by atoms with E-state index in [1.807, 2.05) is 7.05 Å². The fourth-order valence-electron chi connectivity index (χ4n) is 1.24. The van der Waals surface area contributed by atoms with Crippen molar-refractivity contribution in [1.82, 2.24) is 5.32 Å². The van der Waals surface area contributed by atoms with E-state index in [0.717, 1.165) is 5.56 Å². The highest BCUT2D eigenvalue weighted by Gasteiger charge is 2.13. The third-order valence-electron chi connectivity index (χ3n) is 2.00. The number of esters is 1. The summed E-state index contributed by atoms with van der Waals surface area (Å²) in [6.45, 7) is 0.614. The molecule has 0 radical (unpaired) electrons. The second kappa shape index (κ2) is 5.14. The number of methoxy groups -OCH3 is 1. The largest absolute Gasteiger partial charge is 0.465 e. The Bertz CT molecular complexity index is 380. The number of rotatable bonds is 3. The number of hydrogen-bond acceptors (Lipinski definition) is 4. The number of nitrogen functional groups attached to an aromatic ring is 1. The molecule has 0 aromatic heterocycles. The lowest BCUT2D eigenvalue weighted by atomic mass is 10.1. The zero-order valence-corrected chi connectivity index (χ0v) is 10.2. The van der Waals surface area contributed by atoms with E-state index < -0.39 is 0 Å². The zero-order chi connectivity index (χ0) is 11.4. The first kappa shape index (κ1) is 12.0. The van der Waals surface area contributed by atoms with Crippen LogP contribution in [0.3, 0.4) is 0 Å². The summed E-state index contributed by atoms with van der Waals surface area (Å²) < 4.78 is 5.31. The molecule has 1 aromatic rings. The van der Waals surface area contributed by atoms with Crippen molar-refractivity contribution >= 4 is 27.6 Å². The molecule has 0 aliphatic heterocycles. The molecule has 82 valence electrons. The summed E-state index contributed by atoms with van der Waals surface area (Å²) in [6.07, 6.45) is 0. The smallest absolute Gasteiger partial charge is 0.339 e. The Hall–Kier alpha value is -1.07. The molecule has 1 rings (SSSR count). The monoisotopic (exact) mass is 272 g/mol. The van der Waals surface area contributed by atoms with Gasteiger partial charge in [-0.25, -0.2) is 4.79 Å². The number of carbonyl (C=O) groups is 1. The second-order valence-corrected chi connectivity index (χ2v) is 3.91. The van der Waals surface area contributed by atoms with E-state index >= 15 is 0 Å². The van der Waals surface area contributed by atoms with Gasteiger partial charge >= 0.3 is 5.97 Å². The first-order chi connectivity index (χ1) is 7.10. The molecule has 0 fully saturated rings. The first-order valence-electron chi connectivity index (χ1n) is 4.41. The van der Waals surface area contributed by atoms with Crippen molar-refractivity contribution in [3.05, 3.63) is 27.7 Å². The molecule has 3 N–H and O–H groups in total. The van der Waals surface area contributed by atoms with Crippen LogP contribution < -0.4 is 11.1 Å². The summed E-state index contributed by atoms with van der Waals surface area (Å²) in [5.41, 5.74) is 7.80. The highest BCUT2D eigenvalue weighted by atomic mass is 79.9. The van der Waals surface area contributed by atoms with Gasteiger partial charge in [0, 0.05) is 16.7 Å². The Labute approximate surface area is 96.9 Å². The molecular weight excluding hydrogens is 260 g/mol. The van der Waals surface area contributed by atoms with Gasteiger partial charge in [0.05, 0.1) is 12.7 Å². The third-order valence-corrected chi connectivity index (χ3v) is 2.66. The second-order valence-electron chi connectivity index (χ2n) is 3.05. The van der Waals surface area contributed by atoms with Gasteiger partial charge in [-0.1, -0.05) is 0 Å². The van der Waals surface area contributed by atoms with Gasteiger partial charge in [-0.15, -0.1) is 0 Å². The Morgan fingerprint density at radius 1 is 1.60 bits per heavy atom. The summed E-state index contributed by atoms with van der Waals surface area (Å²) in [7, 11) is 3.17. The van der Waals surface area contributed by atoms with Crippen molar-refractivity contribution in [2.45, 2.75) is 6.54 Å². The number of ether oxygens (including phenoxy) is 1. The topological polar surface area (TPSA) is 64.3 Å². The minimum absolute atomic E-state index is 0.376. The van der Waals surface area contributed by atoms with Crippen LogP contribution in [-0.4, -0.2) is 20.1 Å². The Balaban J connectivity index is 3.17. The molecule has 0 amide bonds. The average molecular weight is 273 g/mol. The van der Waals surface area contributed by atoms with Crippen LogP contribution >= 0.6 is 15.9 Å². The van der Waals surface area contributed by atoms with E-state index in [1.165, 1.54) is 7.11 Å². The summed E-state index contributed by atoms with van der Waals surface area (Å²) in [6, 6.07) is 3.43. The van der Waals surface area contributed by atoms with Crippen LogP contribution in [0.1, 0.15) is 15.9 Å². The molecule has 4 nitrogen and oxygen atoms in total. The number of hydrogen-bond donors (Lipinski definition) is 2. The molecule has 0 saturated heterocycles. The molecule has 1 aromatic carbocycles. The van der Waals surface area contributed by atoms with Crippen LogP contribution in [0.2, 0.25) is 0 Å². The van der Waals surface area contributed by atoms with E-state index in [1.54, 1.807) is 12.1 Å². The first-order valence-corrected chi connectivity index (χ1v) is 5.20. The molecule has 0 bridgehead atoms. The molecule has 0 aliphatic carbocycles. The van der Waals surface area contributed by atoms with Gasteiger partial charge < -0.3 is 15.8 Å². The number of nitrogens with one attached hydrogen (secondary N) is 1. The van der Waals surface area contributed by atoms with Crippen LogP contribution in [0.4, 0.5) is 5.69 Å². The van der Waals surface area contributed by atoms with Crippen molar-refractivity contribution in [3.63, 3.8) is 0 Å². The number of anilines is 1. The van der Waals surface area contributed by atoms with Crippen molar-refractivity contribution in [3.8, 4) is 0 Å². The summed E-state index contributed by atoms with van der Waals surface area (Å²) in [4.78, 5) is 11.4. The molecule has 0 atom stereocenters. The molecular formula is C10H13BrN2O2. The lowest BCUT2D eigenvalue weighted by Crippen LogP contribution is -2.10. The van der Waals surface area contributed by atoms with Gasteiger partial charge in [0.2, 0.25) is 0 Å². The Kier molecular flexibility index (Phi) is 4.11.